The molecule has 2 aromatic carbocycles. The lowest BCUT2D eigenvalue weighted by molar-refractivity contribution is 0.102. The fraction of sp³-hybridized carbons (Fsp3) is 0.133. The number of hydrogen-bond acceptors (Lipinski definition) is 1. The first-order valence-corrected chi connectivity index (χ1v) is 6.26. The fourth-order valence-electron chi connectivity index (χ4n) is 1.78. The Bertz CT molecular complexity index is 566. The van der Waals surface area contributed by atoms with Crippen LogP contribution in [-0.2, 0) is 5.88 Å². The van der Waals surface area contributed by atoms with Gasteiger partial charge in [0, 0.05) is 17.1 Å². The zero-order valence-corrected chi connectivity index (χ0v) is 10.9. The van der Waals surface area contributed by atoms with Gasteiger partial charge in [0.05, 0.1) is 0 Å². The Morgan fingerprint density at radius 2 is 1.78 bits per heavy atom. The number of halogens is 1. The average molecular weight is 260 g/mol. The summed E-state index contributed by atoms with van der Waals surface area (Å²) in [4.78, 5) is 12.1. The minimum Gasteiger partial charge on any atom is -0.322 e. The van der Waals surface area contributed by atoms with E-state index in [0.29, 0.717) is 11.4 Å². The van der Waals surface area contributed by atoms with E-state index >= 15 is 0 Å². The number of nitrogens with one attached hydrogen (secondary N) is 1. The Morgan fingerprint density at radius 1 is 1.11 bits per heavy atom. The molecule has 18 heavy (non-hydrogen) atoms. The van der Waals surface area contributed by atoms with Crippen molar-refractivity contribution in [2.45, 2.75) is 12.8 Å². The normalized spacial score (nSPS) is 10.1. The molecule has 0 spiro atoms. The number of carbonyl (C=O) groups excluding carboxylic acids is 1. The van der Waals surface area contributed by atoms with Crippen LogP contribution in [0.4, 0.5) is 5.69 Å². The number of para-hydroxylation sites is 1. The molecule has 0 aliphatic carbocycles. The number of rotatable bonds is 3. The van der Waals surface area contributed by atoms with Crippen molar-refractivity contribution in [3.05, 3.63) is 65.2 Å². The van der Waals surface area contributed by atoms with E-state index in [9.17, 15) is 4.79 Å². The molecule has 0 bridgehead atoms. The summed E-state index contributed by atoms with van der Waals surface area (Å²) >= 11 is 5.84. The van der Waals surface area contributed by atoms with Crippen LogP contribution in [0, 0.1) is 6.92 Å². The minimum absolute atomic E-state index is 0.106. The van der Waals surface area contributed by atoms with Crippen molar-refractivity contribution >= 4 is 23.2 Å². The van der Waals surface area contributed by atoms with Gasteiger partial charge in [-0.25, -0.2) is 0 Å². The highest BCUT2D eigenvalue weighted by Crippen LogP contribution is 2.18. The number of carbonyl (C=O) groups is 1. The molecule has 0 atom stereocenters. The summed E-state index contributed by atoms with van der Waals surface area (Å²) in [6.45, 7) is 1.92. The molecule has 1 amide bonds. The van der Waals surface area contributed by atoms with Gasteiger partial charge in [0.2, 0.25) is 0 Å². The first-order chi connectivity index (χ1) is 8.72. The molecular weight excluding hydrogens is 246 g/mol. The molecule has 0 aromatic heterocycles. The van der Waals surface area contributed by atoms with Gasteiger partial charge in [-0.2, -0.15) is 0 Å². The van der Waals surface area contributed by atoms with Crippen LogP contribution in [0.15, 0.2) is 48.5 Å². The fourth-order valence-corrected chi connectivity index (χ4v) is 2.01. The van der Waals surface area contributed by atoms with Gasteiger partial charge in [0.15, 0.2) is 0 Å². The van der Waals surface area contributed by atoms with Gasteiger partial charge < -0.3 is 5.32 Å². The molecule has 2 rings (SSSR count). The van der Waals surface area contributed by atoms with E-state index in [1.165, 1.54) is 0 Å². The van der Waals surface area contributed by atoms with Crippen molar-refractivity contribution in [1.29, 1.82) is 0 Å². The van der Waals surface area contributed by atoms with Gasteiger partial charge >= 0.3 is 0 Å². The maximum atomic E-state index is 12.1. The van der Waals surface area contributed by atoms with Crippen molar-refractivity contribution in [3.63, 3.8) is 0 Å². The highest BCUT2D eigenvalue weighted by atomic mass is 35.5. The second-order valence-corrected chi connectivity index (χ2v) is 4.33. The van der Waals surface area contributed by atoms with Crippen molar-refractivity contribution in [3.8, 4) is 0 Å². The van der Waals surface area contributed by atoms with Crippen molar-refractivity contribution in [2.75, 3.05) is 5.32 Å². The van der Waals surface area contributed by atoms with Crippen molar-refractivity contribution in [2.24, 2.45) is 0 Å². The van der Waals surface area contributed by atoms with Crippen LogP contribution in [-0.4, -0.2) is 5.91 Å². The quantitative estimate of drug-likeness (QED) is 0.830. The van der Waals surface area contributed by atoms with Crippen LogP contribution in [0.2, 0.25) is 0 Å². The first-order valence-electron chi connectivity index (χ1n) is 5.73. The second-order valence-electron chi connectivity index (χ2n) is 4.06. The smallest absolute Gasteiger partial charge is 0.255 e. The van der Waals surface area contributed by atoms with E-state index < -0.39 is 0 Å². The SMILES string of the molecule is Cc1ccccc1C(=O)Nc1ccccc1CCl. The number of alkyl halides is 1. The lowest BCUT2D eigenvalue weighted by atomic mass is 10.1. The summed E-state index contributed by atoms with van der Waals surface area (Å²) in [5.41, 5.74) is 3.32. The monoisotopic (exact) mass is 259 g/mol. The van der Waals surface area contributed by atoms with E-state index in [0.717, 1.165) is 16.8 Å². The van der Waals surface area contributed by atoms with Gasteiger partial charge in [-0.15, -0.1) is 11.6 Å². The summed E-state index contributed by atoms with van der Waals surface area (Å²) < 4.78 is 0. The van der Waals surface area contributed by atoms with Gasteiger partial charge in [-0.1, -0.05) is 36.4 Å². The maximum absolute atomic E-state index is 12.1. The number of aryl methyl sites for hydroxylation is 1. The topological polar surface area (TPSA) is 29.1 Å². The standard InChI is InChI=1S/C15H14ClNO/c1-11-6-2-4-8-13(11)15(18)17-14-9-5-3-7-12(14)10-16/h2-9H,10H2,1H3,(H,17,18). The summed E-state index contributed by atoms with van der Waals surface area (Å²) in [7, 11) is 0. The molecule has 2 aromatic rings. The van der Waals surface area contributed by atoms with E-state index in [1.54, 1.807) is 0 Å². The molecule has 0 saturated carbocycles. The third-order valence-electron chi connectivity index (χ3n) is 2.80. The minimum atomic E-state index is -0.106. The van der Waals surface area contributed by atoms with E-state index in [-0.39, 0.29) is 5.91 Å². The van der Waals surface area contributed by atoms with Crippen LogP contribution in [0.5, 0.6) is 0 Å². The van der Waals surface area contributed by atoms with Crippen LogP contribution in [0.25, 0.3) is 0 Å². The van der Waals surface area contributed by atoms with Crippen LogP contribution >= 0.6 is 11.6 Å². The average Bonchev–Trinajstić information content (AvgIpc) is 2.39. The Balaban J connectivity index is 2.24. The molecule has 0 fully saturated rings. The number of hydrogen-bond donors (Lipinski definition) is 1. The number of benzene rings is 2. The van der Waals surface area contributed by atoms with Crippen molar-refractivity contribution < 1.29 is 4.79 Å². The summed E-state index contributed by atoms with van der Waals surface area (Å²) in [5.74, 6) is 0.273. The van der Waals surface area contributed by atoms with Gasteiger partial charge in [-0.05, 0) is 30.2 Å². The predicted octanol–water partition coefficient (Wildman–Crippen LogP) is 3.99. The second kappa shape index (κ2) is 5.69. The Hall–Kier alpha value is -1.80. The van der Waals surface area contributed by atoms with Crippen molar-refractivity contribution in [1.82, 2.24) is 0 Å². The van der Waals surface area contributed by atoms with Crippen LogP contribution < -0.4 is 5.32 Å². The molecule has 0 heterocycles. The van der Waals surface area contributed by atoms with Crippen LogP contribution in [0.1, 0.15) is 21.5 Å². The predicted molar refractivity (Wildman–Crippen MR) is 75.1 cm³/mol. The van der Waals surface area contributed by atoms with Crippen LogP contribution in [0.3, 0.4) is 0 Å². The third-order valence-corrected chi connectivity index (χ3v) is 3.09. The van der Waals surface area contributed by atoms with E-state index in [4.69, 9.17) is 11.6 Å². The summed E-state index contributed by atoms with van der Waals surface area (Å²) in [5, 5.41) is 2.90. The molecule has 0 radical (unpaired) electrons. The van der Waals surface area contributed by atoms with Gasteiger partial charge in [-0.3, -0.25) is 4.79 Å². The molecule has 1 N–H and O–H groups in total. The highest BCUT2D eigenvalue weighted by molar-refractivity contribution is 6.17. The molecule has 0 aliphatic rings. The zero-order chi connectivity index (χ0) is 13.0. The van der Waals surface area contributed by atoms with E-state index in [1.807, 2.05) is 55.5 Å². The molecule has 92 valence electrons. The van der Waals surface area contributed by atoms with Gasteiger partial charge in [0.25, 0.3) is 5.91 Å². The zero-order valence-electron chi connectivity index (χ0n) is 10.1. The molecule has 0 aliphatic heterocycles. The Kier molecular flexibility index (Phi) is 4.00. The molecule has 0 saturated heterocycles. The lowest BCUT2D eigenvalue weighted by Crippen LogP contribution is -2.14. The third kappa shape index (κ3) is 2.71. The Labute approximate surface area is 112 Å². The molecular formula is C15H14ClNO. The van der Waals surface area contributed by atoms with E-state index in [2.05, 4.69) is 5.32 Å². The first kappa shape index (κ1) is 12.7. The lowest BCUT2D eigenvalue weighted by Gasteiger charge is -2.10. The highest BCUT2D eigenvalue weighted by Gasteiger charge is 2.10. The maximum Gasteiger partial charge on any atom is 0.255 e. The largest absolute Gasteiger partial charge is 0.322 e. The molecule has 0 unspecified atom stereocenters. The molecule has 2 nitrogen and oxygen atoms in total. The Morgan fingerprint density at radius 3 is 2.50 bits per heavy atom. The van der Waals surface area contributed by atoms with Gasteiger partial charge in [0.1, 0.15) is 0 Å². The summed E-state index contributed by atoms with van der Waals surface area (Å²) in [6, 6.07) is 15.0. The molecule has 3 heteroatoms. The number of amides is 1. The number of anilines is 1. The summed E-state index contributed by atoms with van der Waals surface area (Å²) in [6.07, 6.45) is 0.